The highest BCUT2D eigenvalue weighted by Crippen LogP contribution is 2.34. The molecule has 1 aliphatic carbocycles. The van der Waals surface area contributed by atoms with Gasteiger partial charge in [-0.25, -0.2) is 4.79 Å². The van der Waals surface area contributed by atoms with Crippen LogP contribution in [0.25, 0.3) is 0 Å². The summed E-state index contributed by atoms with van der Waals surface area (Å²) in [5.41, 5.74) is 5.56. The summed E-state index contributed by atoms with van der Waals surface area (Å²) in [6.45, 7) is 0.0934. The molecule has 7 nitrogen and oxygen atoms in total. The van der Waals surface area contributed by atoms with Crippen molar-refractivity contribution in [3.8, 4) is 0 Å². The highest BCUT2D eigenvalue weighted by Gasteiger charge is 2.37. The SMILES string of the molecule is CN(C(=O)O)C(C(N)=NO)C1CCC(CO)C1. The third kappa shape index (κ3) is 3.00. The maximum Gasteiger partial charge on any atom is 0.407 e. The van der Waals surface area contributed by atoms with Crippen molar-refractivity contribution >= 4 is 11.9 Å². The molecule has 0 heterocycles. The lowest BCUT2D eigenvalue weighted by molar-refractivity contribution is 0.135. The highest BCUT2D eigenvalue weighted by molar-refractivity contribution is 5.88. The molecule has 1 fully saturated rings. The van der Waals surface area contributed by atoms with Crippen LogP contribution in [0.1, 0.15) is 19.3 Å². The van der Waals surface area contributed by atoms with Crippen molar-refractivity contribution in [2.24, 2.45) is 22.7 Å². The second-order valence-corrected chi connectivity index (χ2v) is 4.48. The molecule has 17 heavy (non-hydrogen) atoms. The van der Waals surface area contributed by atoms with E-state index in [1.807, 2.05) is 0 Å². The van der Waals surface area contributed by atoms with E-state index in [-0.39, 0.29) is 24.3 Å². The molecule has 1 saturated carbocycles. The average Bonchev–Trinajstić information content (AvgIpc) is 2.77. The standard InChI is InChI=1S/C10H19N3O4/c1-13(10(15)16)8(9(11)12-17)7-3-2-6(4-7)5-14/h6-8,14,17H,2-5H2,1H3,(H2,11,12)(H,15,16). The fraction of sp³-hybridized carbons (Fsp3) is 0.800. The van der Waals surface area contributed by atoms with E-state index < -0.39 is 12.1 Å². The molecule has 0 saturated heterocycles. The Bertz CT molecular complexity index is 308. The number of nitrogens with zero attached hydrogens (tertiary/aromatic N) is 2. The van der Waals surface area contributed by atoms with E-state index in [2.05, 4.69) is 5.16 Å². The van der Waals surface area contributed by atoms with E-state index in [4.69, 9.17) is 21.2 Å². The minimum atomic E-state index is -1.12. The van der Waals surface area contributed by atoms with Crippen LogP contribution in [0.15, 0.2) is 5.16 Å². The predicted molar refractivity (Wildman–Crippen MR) is 60.9 cm³/mol. The van der Waals surface area contributed by atoms with Gasteiger partial charge >= 0.3 is 6.09 Å². The molecule has 1 amide bonds. The number of likely N-dealkylation sites (N-methyl/N-ethyl adjacent to an activating group) is 1. The van der Waals surface area contributed by atoms with Gasteiger partial charge in [-0.15, -0.1) is 0 Å². The summed E-state index contributed by atoms with van der Waals surface area (Å²) in [5, 5.41) is 29.7. The van der Waals surface area contributed by atoms with E-state index in [9.17, 15) is 4.79 Å². The first-order valence-electron chi connectivity index (χ1n) is 5.55. The average molecular weight is 245 g/mol. The Labute approximate surface area is 99.5 Å². The van der Waals surface area contributed by atoms with Crippen LogP contribution >= 0.6 is 0 Å². The van der Waals surface area contributed by atoms with E-state index in [1.54, 1.807) is 0 Å². The maximum absolute atomic E-state index is 11.0. The molecule has 98 valence electrons. The van der Waals surface area contributed by atoms with Gasteiger partial charge in [0.2, 0.25) is 0 Å². The number of carbonyl (C=O) groups is 1. The number of rotatable bonds is 4. The Balaban J connectivity index is 2.81. The fourth-order valence-corrected chi connectivity index (χ4v) is 2.50. The Hall–Kier alpha value is -1.50. The molecule has 5 N–H and O–H groups in total. The van der Waals surface area contributed by atoms with Crippen molar-refractivity contribution in [1.82, 2.24) is 4.90 Å². The van der Waals surface area contributed by atoms with Crippen LogP contribution in [0, 0.1) is 11.8 Å². The summed E-state index contributed by atoms with van der Waals surface area (Å²) in [7, 11) is 1.40. The Morgan fingerprint density at radius 1 is 1.59 bits per heavy atom. The molecule has 0 aromatic carbocycles. The van der Waals surface area contributed by atoms with Crippen molar-refractivity contribution in [3.63, 3.8) is 0 Å². The second-order valence-electron chi connectivity index (χ2n) is 4.48. The summed E-state index contributed by atoms with van der Waals surface area (Å²) >= 11 is 0. The first-order chi connectivity index (χ1) is 8.01. The monoisotopic (exact) mass is 245 g/mol. The third-order valence-corrected chi connectivity index (χ3v) is 3.42. The first-order valence-corrected chi connectivity index (χ1v) is 5.55. The zero-order valence-corrected chi connectivity index (χ0v) is 9.78. The molecular weight excluding hydrogens is 226 g/mol. The zero-order chi connectivity index (χ0) is 13.0. The van der Waals surface area contributed by atoms with Crippen LogP contribution in [-0.4, -0.2) is 51.9 Å². The van der Waals surface area contributed by atoms with Crippen LogP contribution < -0.4 is 5.73 Å². The number of amides is 1. The van der Waals surface area contributed by atoms with Gasteiger partial charge in [0.1, 0.15) is 0 Å². The molecule has 0 aliphatic heterocycles. The van der Waals surface area contributed by atoms with Crippen molar-refractivity contribution in [2.75, 3.05) is 13.7 Å². The molecule has 0 radical (unpaired) electrons. The van der Waals surface area contributed by atoms with Gasteiger partial charge in [-0.05, 0) is 31.1 Å². The van der Waals surface area contributed by atoms with Crippen LogP contribution in [-0.2, 0) is 0 Å². The lowest BCUT2D eigenvalue weighted by Crippen LogP contribution is -2.49. The zero-order valence-electron chi connectivity index (χ0n) is 9.78. The van der Waals surface area contributed by atoms with Gasteiger partial charge in [0, 0.05) is 13.7 Å². The number of aliphatic hydroxyl groups is 1. The van der Waals surface area contributed by atoms with Crippen LogP contribution in [0.3, 0.4) is 0 Å². The van der Waals surface area contributed by atoms with Gasteiger partial charge in [-0.2, -0.15) is 0 Å². The first kappa shape index (κ1) is 13.6. The Morgan fingerprint density at radius 3 is 2.65 bits per heavy atom. The van der Waals surface area contributed by atoms with Crippen LogP contribution in [0.4, 0.5) is 4.79 Å². The van der Waals surface area contributed by atoms with Crippen molar-refractivity contribution in [2.45, 2.75) is 25.3 Å². The molecular formula is C10H19N3O4. The molecule has 1 aliphatic rings. The van der Waals surface area contributed by atoms with E-state index in [0.29, 0.717) is 6.42 Å². The number of hydrogen-bond acceptors (Lipinski definition) is 4. The maximum atomic E-state index is 11.0. The molecule has 1 rings (SSSR count). The van der Waals surface area contributed by atoms with Crippen molar-refractivity contribution in [1.29, 1.82) is 0 Å². The van der Waals surface area contributed by atoms with Crippen molar-refractivity contribution < 1.29 is 20.2 Å². The summed E-state index contributed by atoms with van der Waals surface area (Å²) < 4.78 is 0. The fourth-order valence-electron chi connectivity index (χ4n) is 2.50. The van der Waals surface area contributed by atoms with Gasteiger partial charge in [0.25, 0.3) is 0 Å². The number of amidine groups is 1. The van der Waals surface area contributed by atoms with Crippen molar-refractivity contribution in [3.05, 3.63) is 0 Å². The molecule has 0 spiro atoms. The van der Waals surface area contributed by atoms with E-state index in [0.717, 1.165) is 17.7 Å². The van der Waals surface area contributed by atoms with Gasteiger partial charge < -0.3 is 26.1 Å². The van der Waals surface area contributed by atoms with Gasteiger partial charge in [-0.3, -0.25) is 0 Å². The third-order valence-electron chi connectivity index (χ3n) is 3.42. The summed E-state index contributed by atoms with van der Waals surface area (Å²) in [6, 6.07) is -0.631. The molecule has 0 aromatic heterocycles. The van der Waals surface area contributed by atoms with Gasteiger partial charge in [0.05, 0.1) is 6.04 Å². The number of oxime groups is 1. The van der Waals surface area contributed by atoms with Crippen LogP contribution in [0.2, 0.25) is 0 Å². The molecule has 3 unspecified atom stereocenters. The van der Waals surface area contributed by atoms with E-state index >= 15 is 0 Å². The van der Waals surface area contributed by atoms with Crippen LogP contribution in [0.5, 0.6) is 0 Å². The van der Waals surface area contributed by atoms with Gasteiger partial charge in [0.15, 0.2) is 5.84 Å². The lowest BCUT2D eigenvalue weighted by atomic mass is 9.95. The molecule has 0 bridgehead atoms. The topological polar surface area (TPSA) is 119 Å². The summed E-state index contributed by atoms with van der Waals surface area (Å²) in [6.07, 6.45) is 1.18. The smallest absolute Gasteiger partial charge is 0.407 e. The normalized spacial score (nSPS) is 26.8. The molecule has 3 atom stereocenters. The Kier molecular flexibility index (Phi) is 4.56. The van der Waals surface area contributed by atoms with Gasteiger partial charge in [-0.1, -0.05) is 5.16 Å². The lowest BCUT2D eigenvalue weighted by Gasteiger charge is -2.29. The quantitative estimate of drug-likeness (QED) is 0.243. The number of aliphatic hydroxyl groups excluding tert-OH is 1. The number of nitrogens with two attached hydrogens (primary N) is 1. The molecule has 0 aromatic rings. The highest BCUT2D eigenvalue weighted by atomic mass is 16.4. The van der Waals surface area contributed by atoms with E-state index in [1.165, 1.54) is 7.05 Å². The summed E-state index contributed by atoms with van der Waals surface area (Å²) in [5.74, 6) is 0.0684. The minimum absolute atomic E-state index is 0.0100. The number of carboxylic acid groups (broad SMARTS) is 1. The predicted octanol–water partition coefficient (Wildman–Crippen LogP) is 0.120. The largest absolute Gasteiger partial charge is 0.465 e. The number of hydrogen-bond donors (Lipinski definition) is 4. The summed E-state index contributed by atoms with van der Waals surface area (Å²) in [4.78, 5) is 12.0. The minimum Gasteiger partial charge on any atom is -0.465 e. The second kappa shape index (κ2) is 5.72. The molecule has 7 heteroatoms. The Morgan fingerprint density at radius 2 is 2.24 bits per heavy atom.